The first kappa shape index (κ1) is 21.6. The minimum Gasteiger partial charge on any atom is -0.367 e. The Morgan fingerprint density at radius 3 is 2.75 bits per heavy atom. The number of rotatable bonds is 7. The number of carbonyl (C=O) groups is 1. The average Bonchev–Trinajstić information content (AvgIpc) is 2.76. The highest BCUT2D eigenvalue weighted by Crippen LogP contribution is 2.22. The summed E-state index contributed by atoms with van der Waals surface area (Å²) in [6, 6.07) is 15.1. The van der Waals surface area contributed by atoms with Crippen molar-refractivity contribution in [2.24, 2.45) is 0 Å². The van der Waals surface area contributed by atoms with Crippen LogP contribution < -0.4 is 25.9 Å². The van der Waals surface area contributed by atoms with E-state index in [4.69, 9.17) is 10.6 Å². The molecule has 1 aliphatic rings. The molecule has 9 nitrogen and oxygen atoms in total. The van der Waals surface area contributed by atoms with Gasteiger partial charge in [0.1, 0.15) is 12.8 Å². The number of fused-ring (bicyclic) bond motifs is 1. The van der Waals surface area contributed by atoms with Crippen LogP contribution in [-0.2, 0) is 22.7 Å². The summed E-state index contributed by atoms with van der Waals surface area (Å²) in [4.78, 5) is 21.9. The Morgan fingerprint density at radius 2 is 2.00 bits per heavy atom. The lowest BCUT2D eigenvalue weighted by Crippen LogP contribution is -2.49. The predicted octanol–water partition coefficient (Wildman–Crippen LogP) is 1.06. The van der Waals surface area contributed by atoms with Gasteiger partial charge in [-0.2, -0.15) is 0 Å². The first-order chi connectivity index (χ1) is 15.3. The molecule has 32 heavy (non-hydrogen) atoms. The number of nitrogens with one attached hydrogen (secondary N) is 2. The zero-order valence-corrected chi connectivity index (χ0v) is 18.4. The predicted molar refractivity (Wildman–Crippen MR) is 119 cm³/mol. The van der Waals surface area contributed by atoms with Gasteiger partial charge >= 0.3 is 5.95 Å². The van der Waals surface area contributed by atoms with Crippen LogP contribution in [0.5, 0.6) is 0 Å². The summed E-state index contributed by atoms with van der Waals surface area (Å²) in [5, 5.41) is 5.94. The molecule has 0 bridgehead atoms. The topological polar surface area (TPSA) is 127 Å². The van der Waals surface area contributed by atoms with Crippen LogP contribution in [0.15, 0.2) is 59.6 Å². The second kappa shape index (κ2) is 8.83. The van der Waals surface area contributed by atoms with Crippen LogP contribution in [0.25, 0.3) is 0 Å². The highest BCUT2D eigenvalue weighted by molar-refractivity contribution is 7.90. The lowest BCUT2D eigenvalue weighted by molar-refractivity contribution is -0.871. The van der Waals surface area contributed by atoms with Crippen LogP contribution in [0.4, 0.5) is 17.5 Å². The number of sulfone groups is 1. The van der Waals surface area contributed by atoms with Crippen LogP contribution in [-0.4, -0.2) is 38.7 Å². The van der Waals surface area contributed by atoms with Crippen molar-refractivity contribution in [3.05, 3.63) is 71.4 Å². The van der Waals surface area contributed by atoms with Gasteiger partial charge in [0.05, 0.1) is 5.69 Å². The zero-order chi connectivity index (χ0) is 22.7. The number of nitrogen functional groups attached to an aromatic ring is 1. The molecule has 1 amide bonds. The maximum atomic E-state index is 12.1. The normalized spacial score (nSPS) is 13.2. The third-order valence-corrected chi connectivity index (χ3v) is 6.22. The fraction of sp³-hybridized carbons (Fsp3) is 0.227. The van der Waals surface area contributed by atoms with Gasteiger partial charge in [-0.15, -0.1) is 4.98 Å². The van der Waals surface area contributed by atoms with E-state index in [1.165, 1.54) is 10.9 Å². The molecule has 4 rings (SSSR count). The Hall–Kier alpha value is -3.66. The molecule has 0 saturated carbocycles. The summed E-state index contributed by atoms with van der Waals surface area (Å²) in [6.07, 6.45) is 3.59. The number of hydrogen-bond donors (Lipinski definition) is 3. The molecule has 0 aliphatic carbocycles. The number of carbonyl (C=O) groups excluding carboxylic acids is 1. The molecule has 2 aromatic carbocycles. The summed E-state index contributed by atoms with van der Waals surface area (Å²) in [5.74, 6) is 0.0514. The molecular formula is C22H24N5O4S+. The molecule has 0 atom stereocenters. The van der Waals surface area contributed by atoms with Crippen molar-refractivity contribution in [3.63, 3.8) is 0 Å². The molecule has 1 aliphatic heterocycles. The second-order valence-corrected chi connectivity index (χ2v) is 9.45. The Labute approximate surface area is 186 Å². The van der Waals surface area contributed by atoms with E-state index >= 15 is 0 Å². The second-order valence-electron chi connectivity index (χ2n) is 7.47. The number of hydrogen-bond acceptors (Lipinski definition) is 7. The summed E-state index contributed by atoms with van der Waals surface area (Å²) < 4.78 is 25.4. The highest BCUT2D eigenvalue weighted by Gasteiger charge is 2.25. The van der Waals surface area contributed by atoms with Crippen molar-refractivity contribution < 1.29 is 22.8 Å². The minimum atomic E-state index is -3.60. The first-order valence-corrected chi connectivity index (χ1v) is 12.0. The average molecular weight is 455 g/mol. The summed E-state index contributed by atoms with van der Waals surface area (Å²) in [7, 11) is -3.60. The standard InChI is InChI=1S/C22H23N5O4S/c1-32(29,30)19-14-25-22(26-17-7-8-18-16(13-17)9-11-24-21(18)28)27(20(19)23)31-12-10-15-5-3-2-4-6-15/h2-8,13-14H,9-12H2,1H3,(H3,23,24,25,26,28)/p+1. The van der Waals surface area contributed by atoms with E-state index in [1.807, 2.05) is 36.4 Å². The maximum absolute atomic E-state index is 12.1. The van der Waals surface area contributed by atoms with Gasteiger partial charge in [-0.25, -0.2) is 8.42 Å². The quantitative estimate of drug-likeness (QED) is 0.456. The van der Waals surface area contributed by atoms with Crippen LogP contribution in [0.2, 0.25) is 0 Å². The Balaban J connectivity index is 1.63. The molecular weight excluding hydrogens is 430 g/mol. The Bertz CT molecular complexity index is 1260. The van der Waals surface area contributed by atoms with Gasteiger partial charge in [0.15, 0.2) is 14.7 Å². The monoisotopic (exact) mass is 454 g/mol. The highest BCUT2D eigenvalue weighted by atomic mass is 32.2. The molecule has 10 heteroatoms. The van der Waals surface area contributed by atoms with Crippen LogP contribution in [0, 0.1) is 0 Å². The van der Waals surface area contributed by atoms with Crippen LogP contribution in [0.3, 0.4) is 0 Å². The largest absolute Gasteiger partial charge is 0.388 e. The van der Waals surface area contributed by atoms with Gasteiger partial charge in [0, 0.05) is 24.8 Å². The molecule has 3 aromatic rings. The van der Waals surface area contributed by atoms with E-state index in [0.29, 0.717) is 30.6 Å². The third-order valence-electron chi connectivity index (χ3n) is 5.11. The lowest BCUT2D eigenvalue weighted by atomic mass is 10.00. The SMILES string of the molecule is CS(=O)(=O)c1cnc(Nc2ccc3c(c2)CCNC3=O)[n+](OCCc2ccccc2)c1N. The Morgan fingerprint density at radius 1 is 1.22 bits per heavy atom. The van der Waals surface area contributed by atoms with E-state index in [2.05, 4.69) is 15.6 Å². The molecule has 0 spiro atoms. The molecule has 166 valence electrons. The van der Waals surface area contributed by atoms with Crippen LogP contribution in [0.1, 0.15) is 21.5 Å². The lowest BCUT2D eigenvalue weighted by Gasteiger charge is -2.17. The van der Waals surface area contributed by atoms with E-state index in [-0.39, 0.29) is 29.2 Å². The molecule has 1 aromatic heterocycles. The summed E-state index contributed by atoms with van der Waals surface area (Å²) in [5.41, 5.74) is 9.45. The molecule has 0 unspecified atom stereocenters. The summed E-state index contributed by atoms with van der Waals surface area (Å²) >= 11 is 0. The summed E-state index contributed by atoms with van der Waals surface area (Å²) in [6.45, 7) is 0.832. The third kappa shape index (κ3) is 4.65. The van der Waals surface area contributed by atoms with Crippen molar-refractivity contribution in [1.82, 2.24) is 10.3 Å². The molecule has 0 fully saturated rings. The van der Waals surface area contributed by atoms with Crippen molar-refractivity contribution in [1.29, 1.82) is 0 Å². The van der Waals surface area contributed by atoms with Gasteiger partial charge in [-0.3, -0.25) is 10.1 Å². The number of nitrogens with two attached hydrogens (primary N) is 1. The number of nitrogens with zero attached hydrogens (tertiary/aromatic N) is 2. The number of aromatic nitrogens is 2. The Kier molecular flexibility index (Phi) is 5.95. The fourth-order valence-electron chi connectivity index (χ4n) is 3.49. The van der Waals surface area contributed by atoms with Gasteiger partial charge in [-0.1, -0.05) is 30.3 Å². The first-order valence-electron chi connectivity index (χ1n) is 10.1. The number of anilines is 3. The fourth-order valence-corrected chi connectivity index (χ4v) is 4.19. The van der Waals surface area contributed by atoms with Crippen molar-refractivity contribution >= 4 is 33.2 Å². The van der Waals surface area contributed by atoms with E-state index in [9.17, 15) is 13.2 Å². The van der Waals surface area contributed by atoms with E-state index in [1.54, 1.807) is 12.1 Å². The maximum Gasteiger partial charge on any atom is 0.388 e. The van der Waals surface area contributed by atoms with E-state index < -0.39 is 9.84 Å². The zero-order valence-electron chi connectivity index (χ0n) is 17.5. The minimum absolute atomic E-state index is 0.0737. The molecule has 4 N–H and O–H groups in total. The van der Waals surface area contributed by atoms with Crippen molar-refractivity contribution in [2.75, 3.05) is 30.5 Å². The van der Waals surface area contributed by atoms with Gasteiger partial charge in [0.25, 0.3) is 11.7 Å². The van der Waals surface area contributed by atoms with Crippen molar-refractivity contribution in [2.45, 2.75) is 17.7 Å². The van der Waals surface area contributed by atoms with Gasteiger partial charge in [0.2, 0.25) is 0 Å². The number of amides is 1. The smallest absolute Gasteiger partial charge is 0.367 e. The van der Waals surface area contributed by atoms with Gasteiger partial charge in [-0.05, 0) is 40.5 Å². The molecule has 0 saturated heterocycles. The molecule has 0 radical (unpaired) electrons. The van der Waals surface area contributed by atoms with E-state index in [0.717, 1.165) is 17.4 Å². The van der Waals surface area contributed by atoms with Crippen LogP contribution >= 0.6 is 0 Å². The molecule has 2 heterocycles. The van der Waals surface area contributed by atoms with Crippen molar-refractivity contribution in [3.8, 4) is 0 Å². The number of benzene rings is 2. The van der Waals surface area contributed by atoms with Gasteiger partial charge < -0.3 is 15.9 Å².